The van der Waals surface area contributed by atoms with Gasteiger partial charge < -0.3 is 10.1 Å². The number of alkyl halides is 1. The second-order valence-corrected chi connectivity index (χ2v) is 5.28. The van der Waals surface area contributed by atoms with Crippen LogP contribution in [0.3, 0.4) is 0 Å². The Balaban J connectivity index is 3.06. The average Bonchev–Trinajstić information content (AvgIpc) is 2.51. The highest BCUT2D eigenvalue weighted by molar-refractivity contribution is 9.09. The Hall–Kier alpha value is -1.63. The lowest BCUT2D eigenvalue weighted by Gasteiger charge is -2.30. The van der Waals surface area contributed by atoms with Crippen molar-refractivity contribution >= 4 is 27.5 Å². The fourth-order valence-electron chi connectivity index (χ4n) is 1.93. The van der Waals surface area contributed by atoms with Crippen LogP contribution in [0.25, 0.3) is 0 Å². The summed E-state index contributed by atoms with van der Waals surface area (Å²) in [5, 5.41) is 14.5. The Morgan fingerprint density at radius 1 is 1.43 bits per heavy atom. The summed E-state index contributed by atoms with van der Waals surface area (Å²) in [6.07, 6.45) is 1.56. The molecule has 0 atom stereocenters. The lowest BCUT2D eigenvalue weighted by Crippen LogP contribution is -2.49. The van der Waals surface area contributed by atoms with Crippen molar-refractivity contribution in [2.75, 3.05) is 12.4 Å². The van der Waals surface area contributed by atoms with Crippen LogP contribution in [0.5, 0.6) is 5.75 Å². The third-order valence-corrected chi connectivity index (χ3v) is 4.70. The standard InChI is InChI=1S/C14H19BrN2O4/c1-4-14(5-2,9-15)16-13(18)10-6-7-11(17(19)20)12(8-10)21-3/h6-8H,4-5,9H2,1-3H3,(H,16,18). The van der Waals surface area contributed by atoms with Gasteiger partial charge in [0.25, 0.3) is 5.91 Å². The van der Waals surface area contributed by atoms with Crippen LogP contribution in [-0.2, 0) is 0 Å². The van der Waals surface area contributed by atoms with E-state index in [1.807, 2.05) is 13.8 Å². The molecule has 7 heteroatoms. The van der Waals surface area contributed by atoms with Crippen LogP contribution in [0.2, 0.25) is 0 Å². The van der Waals surface area contributed by atoms with E-state index in [9.17, 15) is 14.9 Å². The zero-order valence-electron chi connectivity index (χ0n) is 12.3. The summed E-state index contributed by atoms with van der Waals surface area (Å²) in [6.45, 7) is 4.00. The molecule has 0 aliphatic carbocycles. The number of halogens is 1. The molecule has 1 aromatic carbocycles. The Kier molecular flexibility index (Phi) is 6.14. The Labute approximate surface area is 132 Å². The first kappa shape index (κ1) is 17.4. The van der Waals surface area contributed by atoms with Crippen molar-refractivity contribution in [3.63, 3.8) is 0 Å². The number of nitro groups is 1. The van der Waals surface area contributed by atoms with Gasteiger partial charge in [0.1, 0.15) is 0 Å². The minimum Gasteiger partial charge on any atom is -0.490 e. The van der Waals surface area contributed by atoms with E-state index in [1.54, 1.807) is 0 Å². The number of nitro benzene ring substituents is 1. The number of rotatable bonds is 7. The Morgan fingerprint density at radius 3 is 2.48 bits per heavy atom. The number of methoxy groups -OCH3 is 1. The summed E-state index contributed by atoms with van der Waals surface area (Å²) in [5.74, 6) is -0.198. The molecule has 0 spiro atoms. The van der Waals surface area contributed by atoms with Gasteiger partial charge in [-0.25, -0.2) is 0 Å². The second kappa shape index (κ2) is 7.40. The molecule has 1 amide bonds. The molecule has 1 aromatic rings. The van der Waals surface area contributed by atoms with Gasteiger partial charge in [-0.05, 0) is 18.9 Å². The number of nitrogens with zero attached hydrogens (tertiary/aromatic N) is 1. The molecule has 0 aliphatic rings. The highest BCUT2D eigenvalue weighted by Crippen LogP contribution is 2.28. The first-order valence-electron chi connectivity index (χ1n) is 6.64. The van der Waals surface area contributed by atoms with Crippen molar-refractivity contribution < 1.29 is 14.5 Å². The molecule has 0 fully saturated rings. The molecule has 0 saturated carbocycles. The molecule has 116 valence electrons. The summed E-state index contributed by atoms with van der Waals surface area (Å²) in [4.78, 5) is 22.6. The minimum atomic E-state index is -0.540. The fourth-order valence-corrected chi connectivity index (χ4v) is 2.87. The van der Waals surface area contributed by atoms with E-state index in [2.05, 4.69) is 21.2 Å². The Morgan fingerprint density at radius 2 is 2.05 bits per heavy atom. The van der Waals surface area contributed by atoms with Gasteiger partial charge in [0, 0.05) is 28.6 Å². The first-order chi connectivity index (χ1) is 9.92. The summed E-state index contributed by atoms with van der Waals surface area (Å²) < 4.78 is 4.98. The summed E-state index contributed by atoms with van der Waals surface area (Å²) in [6, 6.07) is 4.10. The van der Waals surface area contributed by atoms with Gasteiger partial charge in [0.15, 0.2) is 5.75 Å². The summed E-state index contributed by atoms with van der Waals surface area (Å²) >= 11 is 3.42. The van der Waals surface area contributed by atoms with Gasteiger partial charge in [0.05, 0.1) is 12.0 Å². The zero-order valence-corrected chi connectivity index (χ0v) is 13.9. The van der Waals surface area contributed by atoms with Gasteiger partial charge in [-0.3, -0.25) is 14.9 Å². The maximum atomic E-state index is 12.3. The topological polar surface area (TPSA) is 81.5 Å². The van der Waals surface area contributed by atoms with Gasteiger partial charge in [-0.15, -0.1) is 0 Å². The minimum absolute atomic E-state index is 0.0742. The van der Waals surface area contributed by atoms with Crippen molar-refractivity contribution in [3.05, 3.63) is 33.9 Å². The smallest absolute Gasteiger partial charge is 0.310 e. The van der Waals surface area contributed by atoms with E-state index in [1.165, 1.54) is 25.3 Å². The van der Waals surface area contributed by atoms with E-state index in [0.717, 1.165) is 12.8 Å². The monoisotopic (exact) mass is 358 g/mol. The maximum Gasteiger partial charge on any atom is 0.310 e. The van der Waals surface area contributed by atoms with Gasteiger partial charge >= 0.3 is 5.69 Å². The molecule has 0 heterocycles. The quantitative estimate of drug-likeness (QED) is 0.460. The molecule has 0 radical (unpaired) electrons. The molecule has 1 rings (SSSR count). The van der Waals surface area contributed by atoms with Crippen LogP contribution in [0.1, 0.15) is 37.0 Å². The lowest BCUT2D eigenvalue weighted by molar-refractivity contribution is -0.385. The number of hydrogen-bond donors (Lipinski definition) is 1. The molecule has 0 aliphatic heterocycles. The van der Waals surface area contributed by atoms with Crippen LogP contribution in [0, 0.1) is 10.1 Å². The number of hydrogen-bond acceptors (Lipinski definition) is 4. The molecule has 6 nitrogen and oxygen atoms in total. The van der Waals surface area contributed by atoms with Crippen molar-refractivity contribution in [3.8, 4) is 5.75 Å². The lowest BCUT2D eigenvalue weighted by atomic mass is 9.95. The molecule has 21 heavy (non-hydrogen) atoms. The number of ether oxygens (including phenoxy) is 1. The normalized spacial score (nSPS) is 11.0. The van der Waals surface area contributed by atoms with Crippen molar-refractivity contribution in [1.82, 2.24) is 5.32 Å². The van der Waals surface area contributed by atoms with Crippen LogP contribution in [-0.4, -0.2) is 28.8 Å². The van der Waals surface area contributed by atoms with E-state index >= 15 is 0 Å². The predicted octanol–water partition coefficient (Wildman–Crippen LogP) is 3.29. The molecule has 1 N–H and O–H groups in total. The molecule has 0 unspecified atom stereocenters. The average molecular weight is 359 g/mol. The Bertz CT molecular complexity index is 521. The number of amides is 1. The molecule has 0 saturated heterocycles. The van der Waals surface area contributed by atoms with Crippen molar-refractivity contribution in [1.29, 1.82) is 0 Å². The molecular formula is C14H19BrN2O4. The largest absolute Gasteiger partial charge is 0.490 e. The van der Waals surface area contributed by atoms with E-state index < -0.39 is 4.92 Å². The number of nitrogens with one attached hydrogen (secondary N) is 1. The van der Waals surface area contributed by atoms with Crippen LogP contribution in [0.4, 0.5) is 5.69 Å². The highest BCUT2D eigenvalue weighted by Gasteiger charge is 2.28. The third kappa shape index (κ3) is 3.93. The van der Waals surface area contributed by atoms with E-state index in [4.69, 9.17) is 4.74 Å². The first-order valence-corrected chi connectivity index (χ1v) is 7.76. The third-order valence-electron chi connectivity index (χ3n) is 3.63. The maximum absolute atomic E-state index is 12.3. The number of carbonyl (C=O) groups is 1. The van der Waals surface area contributed by atoms with Crippen LogP contribution < -0.4 is 10.1 Å². The molecule has 0 bridgehead atoms. The van der Waals surface area contributed by atoms with Crippen molar-refractivity contribution in [2.24, 2.45) is 0 Å². The number of benzene rings is 1. The van der Waals surface area contributed by atoms with Crippen molar-refractivity contribution in [2.45, 2.75) is 32.2 Å². The predicted molar refractivity (Wildman–Crippen MR) is 84.2 cm³/mol. The number of carbonyl (C=O) groups excluding carboxylic acids is 1. The second-order valence-electron chi connectivity index (χ2n) is 4.72. The summed E-state index contributed by atoms with van der Waals surface area (Å²) in [5.41, 5.74) is -0.150. The van der Waals surface area contributed by atoms with Crippen LogP contribution >= 0.6 is 15.9 Å². The van der Waals surface area contributed by atoms with Gasteiger partial charge in [-0.1, -0.05) is 29.8 Å². The van der Waals surface area contributed by atoms with Gasteiger partial charge in [0.2, 0.25) is 0 Å². The molecule has 0 aromatic heterocycles. The van der Waals surface area contributed by atoms with Gasteiger partial charge in [-0.2, -0.15) is 0 Å². The highest BCUT2D eigenvalue weighted by atomic mass is 79.9. The van der Waals surface area contributed by atoms with Crippen LogP contribution in [0.15, 0.2) is 18.2 Å². The summed E-state index contributed by atoms with van der Waals surface area (Å²) in [7, 11) is 1.34. The zero-order chi connectivity index (χ0) is 16.0. The fraction of sp³-hybridized carbons (Fsp3) is 0.500. The molecular weight excluding hydrogens is 340 g/mol. The SMILES string of the molecule is CCC(CC)(CBr)NC(=O)c1ccc([N+](=O)[O-])c(OC)c1. The van der Waals surface area contributed by atoms with E-state index in [-0.39, 0.29) is 22.9 Å². The van der Waals surface area contributed by atoms with E-state index in [0.29, 0.717) is 10.9 Å².